The molecule has 0 aliphatic heterocycles. The van der Waals surface area contributed by atoms with Crippen LogP contribution in [-0.4, -0.2) is 4.98 Å². The number of thiazole rings is 1. The van der Waals surface area contributed by atoms with E-state index in [1.54, 1.807) is 11.3 Å². The first kappa shape index (κ1) is 10.4. The first-order chi connectivity index (χ1) is 7.15. The zero-order valence-electron chi connectivity index (χ0n) is 9.37. The Bertz CT molecular complexity index is 471. The molecule has 78 valence electrons. The van der Waals surface area contributed by atoms with Crippen molar-refractivity contribution < 1.29 is 0 Å². The molecule has 0 saturated heterocycles. The maximum atomic E-state index is 4.45. The quantitative estimate of drug-likeness (QED) is 0.748. The number of aromatic nitrogens is 1. The normalized spacial score (nSPS) is 10.6. The Labute approximate surface area is 94.8 Å². The van der Waals surface area contributed by atoms with Gasteiger partial charge in [-0.15, -0.1) is 11.3 Å². The van der Waals surface area contributed by atoms with Crippen LogP contribution in [0.5, 0.6) is 0 Å². The molecule has 0 radical (unpaired) electrons. The SMILES string of the molecule is Cc1cccc(Cc2sc(C)nc2C)c1. The van der Waals surface area contributed by atoms with Crippen molar-refractivity contribution in [2.75, 3.05) is 0 Å². The molecule has 1 nitrogen and oxygen atoms in total. The highest BCUT2D eigenvalue weighted by molar-refractivity contribution is 7.11. The fraction of sp³-hybridized carbons (Fsp3) is 0.308. The summed E-state index contributed by atoms with van der Waals surface area (Å²) in [6.07, 6.45) is 1.01. The van der Waals surface area contributed by atoms with Gasteiger partial charge in [0.25, 0.3) is 0 Å². The number of hydrogen-bond donors (Lipinski definition) is 0. The zero-order chi connectivity index (χ0) is 10.8. The van der Waals surface area contributed by atoms with Crippen LogP contribution in [0.4, 0.5) is 0 Å². The molecule has 0 saturated carbocycles. The Morgan fingerprint density at radius 1 is 1.20 bits per heavy atom. The monoisotopic (exact) mass is 217 g/mol. The number of nitrogens with zero attached hydrogens (tertiary/aromatic N) is 1. The van der Waals surface area contributed by atoms with Crippen LogP contribution in [0.15, 0.2) is 24.3 Å². The summed E-state index contributed by atoms with van der Waals surface area (Å²) in [4.78, 5) is 5.84. The third kappa shape index (κ3) is 2.45. The molecule has 0 fully saturated rings. The van der Waals surface area contributed by atoms with Gasteiger partial charge in [0.2, 0.25) is 0 Å². The van der Waals surface area contributed by atoms with Crippen molar-refractivity contribution >= 4 is 11.3 Å². The Kier molecular flexibility index (Phi) is 2.87. The fourth-order valence-electron chi connectivity index (χ4n) is 1.74. The van der Waals surface area contributed by atoms with Gasteiger partial charge in [0.1, 0.15) is 0 Å². The smallest absolute Gasteiger partial charge is 0.0900 e. The molecule has 2 heteroatoms. The van der Waals surface area contributed by atoms with Crippen molar-refractivity contribution in [3.63, 3.8) is 0 Å². The summed E-state index contributed by atoms with van der Waals surface area (Å²) >= 11 is 1.80. The van der Waals surface area contributed by atoms with Gasteiger partial charge in [0, 0.05) is 11.3 Å². The number of rotatable bonds is 2. The molecule has 0 aliphatic carbocycles. The molecule has 0 spiro atoms. The lowest BCUT2D eigenvalue weighted by atomic mass is 10.1. The van der Waals surface area contributed by atoms with E-state index >= 15 is 0 Å². The Balaban J connectivity index is 2.25. The number of aryl methyl sites for hydroxylation is 3. The van der Waals surface area contributed by atoms with E-state index in [1.165, 1.54) is 21.7 Å². The van der Waals surface area contributed by atoms with Crippen molar-refractivity contribution in [3.8, 4) is 0 Å². The standard InChI is InChI=1S/C13H15NS/c1-9-5-4-6-12(7-9)8-13-10(2)14-11(3)15-13/h4-7H,8H2,1-3H3. The molecule has 0 aliphatic rings. The van der Waals surface area contributed by atoms with E-state index < -0.39 is 0 Å². The first-order valence-electron chi connectivity index (χ1n) is 5.13. The largest absolute Gasteiger partial charge is 0.247 e. The van der Waals surface area contributed by atoms with Gasteiger partial charge in [-0.1, -0.05) is 29.8 Å². The highest BCUT2D eigenvalue weighted by Gasteiger charge is 2.05. The minimum absolute atomic E-state index is 1.01. The van der Waals surface area contributed by atoms with Gasteiger partial charge >= 0.3 is 0 Å². The molecule has 0 atom stereocenters. The van der Waals surface area contributed by atoms with Gasteiger partial charge in [-0.2, -0.15) is 0 Å². The molecule has 1 aromatic carbocycles. The van der Waals surface area contributed by atoms with Gasteiger partial charge < -0.3 is 0 Å². The van der Waals surface area contributed by atoms with E-state index in [1.807, 2.05) is 0 Å². The summed E-state index contributed by atoms with van der Waals surface area (Å²) in [5.41, 5.74) is 3.88. The Morgan fingerprint density at radius 3 is 2.60 bits per heavy atom. The predicted molar refractivity (Wildman–Crippen MR) is 65.6 cm³/mol. The first-order valence-corrected chi connectivity index (χ1v) is 5.95. The van der Waals surface area contributed by atoms with Gasteiger partial charge in [-0.05, 0) is 26.3 Å². The molecule has 2 rings (SSSR count). The molecule has 1 aromatic heterocycles. The van der Waals surface area contributed by atoms with Gasteiger partial charge in [-0.3, -0.25) is 0 Å². The Hall–Kier alpha value is -1.15. The molecule has 0 bridgehead atoms. The van der Waals surface area contributed by atoms with Crippen molar-refractivity contribution in [2.24, 2.45) is 0 Å². The number of hydrogen-bond acceptors (Lipinski definition) is 2. The van der Waals surface area contributed by atoms with Crippen LogP contribution in [0.2, 0.25) is 0 Å². The van der Waals surface area contributed by atoms with Crippen LogP contribution in [0, 0.1) is 20.8 Å². The Morgan fingerprint density at radius 2 is 2.00 bits per heavy atom. The molecule has 1 heterocycles. The zero-order valence-corrected chi connectivity index (χ0v) is 10.2. The van der Waals surface area contributed by atoms with Gasteiger partial charge in [0.05, 0.1) is 10.7 Å². The molecular weight excluding hydrogens is 202 g/mol. The molecular formula is C13H15NS. The second kappa shape index (κ2) is 4.15. The van der Waals surface area contributed by atoms with Crippen LogP contribution >= 0.6 is 11.3 Å². The molecule has 0 unspecified atom stereocenters. The third-order valence-corrected chi connectivity index (χ3v) is 3.52. The minimum atomic E-state index is 1.01. The highest BCUT2D eigenvalue weighted by atomic mass is 32.1. The van der Waals surface area contributed by atoms with Gasteiger partial charge in [-0.25, -0.2) is 4.98 Å². The van der Waals surface area contributed by atoms with E-state index in [4.69, 9.17) is 0 Å². The van der Waals surface area contributed by atoms with Crippen LogP contribution in [-0.2, 0) is 6.42 Å². The second-order valence-electron chi connectivity index (χ2n) is 3.91. The maximum absolute atomic E-state index is 4.45. The maximum Gasteiger partial charge on any atom is 0.0900 e. The predicted octanol–water partition coefficient (Wildman–Crippen LogP) is 3.66. The lowest BCUT2D eigenvalue weighted by Gasteiger charge is -2.00. The summed E-state index contributed by atoms with van der Waals surface area (Å²) < 4.78 is 0. The van der Waals surface area contributed by atoms with Crippen LogP contribution < -0.4 is 0 Å². The van der Waals surface area contributed by atoms with Crippen molar-refractivity contribution in [3.05, 3.63) is 51.0 Å². The average Bonchev–Trinajstić information content (AvgIpc) is 2.45. The summed E-state index contributed by atoms with van der Waals surface area (Å²) in [6.45, 7) is 6.29. The van der Waals surface area contributed by atoms with E-state index in [2.05, 4.69) is 50.0 Å². The van der Waals surface area contributed by atoms with Crippen molar-refractivity contribution in [2.45, 2.75) is 27.2 Å². The summed E-state index contributed by atoms with van der Waals surface area (Å²) in [7, 11) is 0. The average molecular weight is 217 g/mol. The number of benzene rings is 1. The molecule has 15 heavy (non-hydrogen) atoms. The second-order valence-corrected chi connectivity index (χ2v) is 5.20. The highest BCUT2D eigenvalue weighted by Crippen LogP contribution is 2.21. The van der Waals surface area contributed by atoms with Crippen LogP contribution in [0.3, 0.4) is 0 Å². The van der Waals surface area contributed by atoms with E-state index in [-0.39, 0.29) is 0 Å². The van der Waals surface area contributed by atoms with E-state index in [0.717, 1.165) is 11.4 Å². The fourth-order valence-corrected chi connectivity index (χ4v) is 2.72. The lowest BCUT2D eigenvalue weighted by molar-refractivity contribution is 1.12. The molecule has 0 amide bonds. The van der Waals surface area contributed by atoms with Crippen LogP contribution in [0.25, 0.3) is 0 Å². The minimum Gasteiger partial charge on any atom is -0.247 e. The van der Waals surface area contributed by atoms with Crippen molar-refractivity contribution in [1.82, 2.24) is 4.98 Å². The van der Waals surface area contributed by atoms with Gasteiger partial charge in [0.15, 0.2) is 0 Å². The van der Waals surface area contributed by atoms with Crippen LogP contribution in [0.1, 0.15) is 26.7 Å². The van der Waals surface area contributed by atoms with E-state index in [9.17, 15) is 0 Å². The molecule has 0 N–H and O–H groups in total. The third-order valence-electron chi connectivity index (χ3n) is 2.45. The van der Waals surface area contributed by atoms with Crippen molar-refractivity contribution in [1.29, 1.82) is 0 Å². The topological polar surface area (TPSA) is 12.9 Å². The summed E-state index contributed by atoms with van der Waals surface area (Å²) in [6, 6.07) is 8.68. The molecule has 2 aromatic rings. The lowest BCUT2D eigenvalue weighted by Crippen LogP contribution is -1.88. The summed E-state index contributed by atoms with van der Waals surface area (Å²) in [5, 5.41) is 1.16. The van der Waals surface area contributed by atoms with E-state index in [0.29, 0.717) is 0 Å². The summed E-state index contributed by atoms with van der Waals surface area (Å²) in [5.74, 6) is 0.